The second-order valence-electron chi connectivity index (χ2n) is 3.95. The summed E-state index contributed by atoms with van der Waals surface area (Å²) in [5.74, 6) is -2.37. The third-order valence-corrected chi connectivity index (χ3v) is 2.49. The molecule has 0 heterocycles. The first kappa shape index (κ1) is 17.7. The Labute approximate surface area is 116 Å². The van der Waals surface area contributed by atoms with E-state index in [0.29, 0.717) is 0 Å². The minimum absolute atomic E-state index is 0.267. The van der Waals surface area contributed by atoms with Gasteiger partial charge >= 0.3 is 18.3 Å². The van der Waals surface area contributed by atoms with Gasteiger partial charge in [0.25, 0.3) is 5.69 Å². The Morgan fingerprint density at radius 3 is 1.68 bits per heavy atom. The second-order valence-corrected chi connectivity index (χ2v) is 3.95. The number of rotatable bonds is 3. The van der Waals surface area contributed by atoms with Crippen LogP contribution in [0.5, 0.6) is 0 Å². The molecule has 122 valence electrons. The Balaban J connectivity index is 3.90. The van der Waals surface area contributed by atoms with Gasteiger partial charge in [-0.2, -0.15) is 26.3 Å². The molecule has 0 aliphatic carbocycles. The van der Waals surface area contributed by atoms with Gasteiger partial charge in [0.2, 0.25) is 0 Å². The van der Waals surface area contributed by atoms with Crippen molar-refractivity contribution in [3.05, 3.63) is 38.9 Å². The van der Waals surface area contributed by atoms with E-state index < -0.39 is 51.7 Å². The molecule has 1 unspecified atom stereocenters. The van der Waals surface area contributed by atoms with Gasteiger partial charge in [0.05, 0.1) is 16.1 Å². The van der Waals surface area contributed by atoms with E-state index in [-0.39, 0.29) is 12.1 Å². The summed E-state index contributed by atoms with van der Waals surface area (Å²) in [6.07, 6.45) is -14.2. The number of carboxylic acids is 1. The molecule has 0 saturated carbocycles. The van der Waals surface area contributed by atoms with Crippen molar-refractivity contribution in [1.29, 1.82) is 0 Å². The number of non-ortho nitro benzene ring substituents is 1. The molecule has 0 radical (unpaired) electrons. The number of benzene rings is 1. The molecule has 0 amide bonds. The van der Waals surface area contributed by atoms with Crippen LogP contribution >= 0.6 is 0 Å². The Hall–Kier alpha value is -2.37. The maximum Gasteiger partial charge on any atom is 0.417 e. The van der Waals surface area contributed by atoms with E-state index in [1.54, 1.807) is 0 Å². The van der Waals surface area contributed by atoms with Gasteiger partial charge in [0.1, 0.15) is 0 Å². The third kappa shape index (κ3) is 3.44. The molecule has 2 N–H and O–H groups in total. The zero-order valence-corrected chi connectivity index (χ0v) is 10.1. The van der Waals surface area contributed by atoms with Crippen LogP contribution in [0.4, 0.5) is 32.0 Å². The van der Waals surface area contributed by atoms with E-state index in [0.717, 1.165) is 0 Å². The maximum absolute atomic E-state index is 12.8. The van der Waals surface area contributed by atoms with E-state index in [1.807, 2.05) is 0 Å². The van der Waals surface area contributed by atoms with E-state index in [2.05, 4.69) is 0 Å². The topological polar surface area (TPSA) is 101 Å². The fraction of sp³-hybridized carbons (Fsp3) is 0.300. The number of alkyl halides is 6. The van der Waals surface area contributed by atoms with Gasteiger partial charge in [-0.15, -0.1) is 0 Å². The van der Waals surface area contributed by atoms with Crippen LogP contribution in [0, 0.1) is 10.1 Å². The van der Waals surface area contributed by atoms with Gasteiger partial charge in [-0.3, -0.25) is 10.1 Å². The maximum atomic E-state index is 12.8. The number of hydrogen-bond acceptors (Lipinski definition) is 4. The summed E-state index contributed by atoms with van der Waals surface area (Å²) in [6, 6.07) is -0.534. The largest absolute Gasteiger partial charge is 0.479 e. The zero-order valence-electron chi connectivity index (χ0n) is 10.1. The van der Waals surface area contributed by atoms with Crippen LogP contribution < -0.4 is 0 Å². The average molecular weight is 333 g/mol. The van der Waals surface area contributed by atoms with Gasteiger partial charge < -0.3 is 10.2 Å². The van der Waals surface area contributed by atoms with Crippen LogP contribution in [0.1, 0.15) is 22.8 Å². The second kappa shape index (κ2) is 5.44. The first-order valence-corrected chi connectivity index (χ1v) is 5.14. The molecule has 22 heavy (non-hydrogen) atoms. The summed E-state index contributed by atoms with van der Waals surface area (Å²) < 4.78 is 76.7. The standard InChI is InChI=1S/C10H5F6NO5/c11-9(12,13)4-1-3(17(21)22)2-5(10(14,15)16)6(4)7(18)8(19)20/h1-2,7,18H,(H,19,20). The first-order chi connectivity index (χ1) is 9.76. The molecule has 1 atom stereocenters. The van der Waals surface area contributed by atoms with Gasteiger partial charge in [-0.25, -0.2) is 4.79 Å². The molecule has 0 saturated heterocycles. The molecule has 0 aliphatic rings. The summed E-state index contributed by atoms with van der Waals surface area (Å²) in [5, 5.41) is 28.1. The number of carbonyl (C=O) groups is 1. The number of nitro groups is 1. The van der Waals surface area contributed by atoms with Gasteiger partial charge in [0, 0.05) is 17.7 Å². The van der Waals surface area contributed by atoms with Crippen LogP contribution in [0.2, 0.25) is 0 Å². The normalized spacial score (nSPS) is 13.8. The number of carboxylic acid groups (broad SMARTS) is 1. The molecule has 1 rings (SSSR count). The smallest absolute Gasteiger partial charge is 0.417 e. The SMILES string of the molecule is O=C(O)C(O)c1c(C(F)(F)F)cc([N+](=O)[O-])cc1C(F)(F)F. The van der Waals surface area contributed by atoms with Crippen molar-refractivity contribution >= 4 is 11.7 Å². The molecule has 0 fully saturated rings. The molecule has 0 aromatic heterocycles. The van der Waals surface area contributed by atoms with Crippen LogP contribution in [-0.4, -0.2) is 21.1 Å². The summed E-state index contributed by atoms with van der Waals surface area (Å²) in [5.41, 5.74) is -8.04. The Bertz CT molecular complexity index is 588. The number of nitro benzene ring substituents is 1. The predicted molar refractivity (Wildman–Crippen MR) is 55.7 cm³/mol. The molecule has 0 spiro atoms. The predicted octanol–water partition coefficient (Wildman–Crippen LogP) is 2.75. The highest BCUT2D eigenvalue weighted by Crippen LogP contribution is 2.44. The van der Waals surface area contributed by atoms with E-state index in [1.165, 1.54) is 0 Å². The first-order valence-electron chi connectivity index (χ1n) is 5.14. The fourth-order valence-electron chi connectivity index (χ4n) is 1.63. The highest BCUT2D eigenvalue weighted by atomic mass is 19.4. The molecular weight excluding hydrogens is 328 g/mol. The quantitative estimate of drug-likeness (QED) is 0.503. The minimum atomic E-state index is -5.54. The Kier molecular flexibility index (Phi) is 4.37. The van der Waals surface area contributed by atoms with E-state index >= 15 is 0 Å². The van der Waals surface area contributed by atoms with Gasteiger partial charge in [0.15, 0.2) is 6.10 Å². The number of aliphatic hydroxyl groups excluding tert-OH is 1. The zero-order chi connectivity index (χ0) is 17.5. The lowest BCUT2D eigenvalue weighted by atomic mass is 9.94. The van der Waals surface area contributed by atoms with Gasteiger partial charge in [-0.1, -0.05) is 0 Å². The van der Waals surface area contributed by atoms with Crippen LogP contribution in [0.3, 0.4) is 0 Å². The van der Waals surface area contributed by atoms with Crippen molar-refractivity contribution in [3.63, 3.8) is 0 Å². The summed E-state index contributed by atoms with van der Waals surface area (Å²) in [6.45, 7) is 0. The van der Waals surface area contributed by atoms with Gasteiger partial charge in [-0.05, 0) is 0 Å². The summed E-state index contributed by atoms with van der Waals surface area (Å²) in [4.78, 5) is 19.5. The minimum Gasteiger partial charge on any atom is -0.479 e. The Morgan fingerprint density at radius 2 is 1.45 bits per heavy atom. The van der Waals surface area contributed by atoms with Crippen molar-refractivity contribution in [2.24, 2.45) is 0 Å². The van der Waals surface area contributed by atoms with E-state index in [4.69, 9.17) is 10.2 Å². The number of aliphatic hydroxyl groups is 1. The van der Waals surface area contributed by atoms with Crippen molar-refractivity contribution < 1.29 is 46.3 Å². The number of nitrogens with zero attached hydrogens (tertiary/aromatic N) is 1. The number of aliphatic carboxylic acids is 1. The number of hydrogen-bond donors (Lipinski definition) is 2. The van der Waals surface area contributed by atoms with Crippen molar-refractivity contribution in [2.75, 3.05) is 0 Å². The highest BCUT2D eigenvalue weighted by molar-refractivity contribution is 5.76. The molecule has 0 bridgehead atoms. The molecule has 6 nitrogen and oxygen atoms in total. The average Bonchev–Trinajstić information content (AvgIpc) is 2.33. The van der Waals surface area contributed by atoms with Crippen molar-refractivity contribution in [2.45, 2.75) is 18.5 Å². The van der Waals surface area contributed by atoms with Crippen LogP contribution in [0.15, 0.2) is 12.1 Å². The van der Waals surface area contributed by atoms with Crippen molar-refractivity contribution in [1.82, 2.24) is 0 Å². The van der Waals surface area contributed by atoms with Crippen molar-refractivity contribution in [3.8, 4) is 0 Å². The molecule has 0 aliphatic heterocycles. The fourth-order valence-corrected chi connectivity index (χ4v) is 1.63. The molecule has 12 heteroatoms. The van der Waals surface area contributed by atoms with Crippen LogP contribution in [0.25, 0.3) is 0 Å². The summed E-state index contributed by atoms with van der Waals surface area (Å²) >= 11 is 0. The lowest BCUT2D eigenvalue weighted by Crippen LogP contribution is -2.23. The third-order valence-electron chi connectivity index (χ3n) is 2.49. The molecule has 1 aromatic carbocycles. The highest BCUT2D eigenvalue weighted by Gasteiger charge is 2.45. The lowest BCUT2D eigenvalue weighted by Gasteiger charge is -2.20. The number of halogens is 6. The van der Waals surface area contributed by atoms with Crippen LogP contribution in [-0.2, 0) is 17.1 Å². The molecule has 1 aromatic rings. The lowest BCUT2D eigenvalue weighted by molar-refractivity contribution is -0.385. The Morgan fingerprint density at radius 1 is 1.09 bits per heavy atom. The monoisotopic (exact) mass is 333 g/mol. The summed E-state index contributed by atoms with van der Waals surface area (Å²) in [7, 11) is 0. The van der Waals surface area contributed by atoms with E-state index in [9.17, 15) is 41.3 Å². The molecular formula is C10H5F6NO5.